The van der Waals surface area contributed by atoms with E-state index in [4.69, 9.17) is 9.84 Å². The highest BCUT2D eigenvalue weighted by Crippen LogP contribution is 2.22. The Morgan fingerprint density at radius 2 is 1.85 bits per heavy atom. The van der Waals surface area contributed by atoms with Gasteiger partial charge in [-0.15, -0.1) is 0 Å². The molecule has 0 spiro atoms. The van der Waals surface area contributed by atoms with Gasteiger partial charge in [-0.25, -0.2) is 0 Å². The lowest BCUT2D eigenvalue weighted by molar-refractivity contribution is -0.150. The molecule has 2 aliphatic heterocycles. The van der Waals surface area contributed by atoms with E-state index in [1.807, 2.05) is 31.2 Å². The third-order valence-corrected chi connectivity index (χ3v) is 5.21. The summed E-state index contributed by atoms with van der Waals surface area (Å²) in [5.74, 6) is -1.22. The number of piperidine rings is 1. The molecular formula is C20H26N2O5. The highest BCUT2D eigenvalue weighted by atomic mass is 16.5. The van der Waals surface area contributed by atoms with Crippen LogP contribution in [0.5, 0.6) is 0 Å². The van der Waals surface area contributed by atoms with Crippen molar-refractivity contribution in [3.8, 4) is 0 Å². The van der Waals surface area contributed by atoms with Crippen LogP contribution in [-0.2, 0) is 14.3 Å². The number of rotatable bonds is 4. The molecule has 2 fully saturated rings. The molecule has 0 aliphatic carbocycles. The van der Waals surface area contributed by atoms with Crippen molar-refractivity contribution in [3.63, 3.8) is 0 Å². The number of aryl methyl sites for hydroxylation is 1. The van der Waals surface area contributed by atoms with Crippen LogP contribution in [0.4, 0.5) is 0 Å². The fourth-order valence-corrected chi connectivity index (χ4v) is 3.74. The number of amides is 2. The van der Waals surface area contributed by atoms with Crippen LogP contribution in [0.3, 0.4) is 0 Å². The first-order valence-electron chi connectivity index (χ1n) is 9.42. The molecule has 3 rings (SSSR count). The Labute approximate surface area is 158 Å². The van der Waals surface area contributed by atoms with Gasteiger partial charge < -0.3 is 19.6 Å². The largest absolute Gasteiger partial charge is 0.481 e. The van der Waals surface area contributed by atoms with Crippen LogP contribution in [0.2, 0.25) is 0 Å². The highest BCUT2D eigenvalue weighted by Gasteiger charge is 2.34. The molecule has 0 aromatic heterocycles. The molecule has 0 bridgehead atoms. The number of ether oxygens (including phenoxy) is 1. The van der Waals surface area contributed by atoms with Crippen molar-refractivity contribution < 1.29 is 24.2 Å². The minimum atomic E-state index is -0.929. The summed E-state index contributed by atoms with van der Waals surface area (Å²) < 4.78 is 5.44. The van der Waals surface area contributed by atoms with E-state index in [-0.39, 0.29) is 24.2 Å². The Kier molecular flexibility index (Phi) is 6.11. The summed E-state index contributed by atoms with van der Waals surface area (Å²) in [7, 11) is 0. The second kappa shape index (κ2) is 8.52. The van der Waals surface area contributed by atoms with Gasteiger partial charge in [0, 0.05) is 31.7 Å². The molecule has 7 heteroatoms. The molecule has 146 valence electrons. The SMILES string of the molecule is Cc1ccc(C(=O)N2CCCC(C(=O)N3CCOC(CC(=O)O)C3)C2)cc1. The zero-order valence-electron chi connectivity index (χ0n) is 15.6. The van der Waals surface area contributed by atoms with Gasteiger partial charge in [0.2, 0.25) is 5.91 Å². The third-order valence-electron chi connectivity index (χ3n) is 5.21. The number of carboxylic acid groups (broad SMARTS) is 1. The molecule has 1 aromatic rings. The molecule has 1 N–H and O–H groups in total. The van der Waals surface area contributed by atoms with Crippen LogP contribution in [0.15, 0.2) is 24.3 Å². The zero-order valence-corrected chi connectivity index (χ0v) is 15.6. The summed E-state index contributed by atoms with van der Waals surface area (Å²) in [4.78, 5) is 40.0. The lowest BCUT2D eigenvalue weighted by Gasteiger charge is -2.38. The summed E-state index contributed by atoms with van der Waals surface area (Å²) in [5.41, 5.74) is 1.74. The third kappa shape index (κ3) is 4.86. The van der Waals surface area contributed by atoms with Gasteiger partial charge in [0.05, 0.1) is 25.0 Å². The first-order valence-corrected chi connectivity index (χ1v) is 9.42. The van der Waals surface area contributed by atoms with Crippen molar-refractivity contribution in [1.29, 1.82) is 0 Å². The second-order valence-electron chi connectivity index (χ2n) is 7.33. The molecule has 2 amide bonds. The van der Waals surface area contributed by atoms with Gasteiger partial charge in [-0.05, 0) is 31.9 Å². The quantitative estimate of drug-likeness (QED) is 0.864. The number of carbonyl (C=O) groups excluding carboxylic acids is 2. The number of carbonyl (C=O) groups is 3. The molecule has 1 aromatic carbocycles. The van der Waals surface area contributed by atoms with Gasteiger partial charge in [-0.3, -0.25) is 14.4 Å². The summed E-state index contributed by atoms with van der Waals surface area (Å²) in [6.07, 6.45) is 0.968. The average Bonchev–Trinajstić information content (AvgIpc) is 2.67. The number of aliphatic carboxylic acids is 1. The predicted molar refractivity (Wildman–Crippen MR) is 98.4 cm³/mol. The average molecular weight is 374 g/mol. The van der Waals surface area contributed by atoms with E-state index < -0.39 is 12.1 Å². The molecule has 2 atom stereocenters. The van der Waals surface area contributed by atoms with Crippen LogP contribution in [0.1, 0.15) is 35.2 Å². The standard InChI is InChI=1S/C20H26N2O5/c1-14-4-6-15(7-5-14)19(25)21-8-2-3-16(12-21)20(26)22-9-10-27-17(13-22)11-18(23)24/h4-7,16-17H,2-3,8-13H2,1H3,(H,23,24). The van der Waals surface area contributed by atoms with Crippen LogP contribution in [-0.4, -0.2) is 71.6 Å². The van der Waals surface area contributed by atoms with Gasteiger partial charge in [0.1, 0.15) is 0 Å². The van der Waals surface area contributed by atoms with Crippen LogP contribution in [0, 0.1) is 12.8 Å². The summed E-state index contributed by atoms with van der Waals surface area (Å²) >= 11 is 0. The Balaban J connectivity index is 1.61. The van der Waals surface area contributed by atoms with Crippen molar-refractivity contribution in [1.82, 2.24) is 9.80 Å². The first kappa shape index (κ1) is 19.4. The summed E-state index contributed by atoms with van der Waals surface area (Å²) in [6, 6.07) is 7.47. The first-order chi connectivity index (χ1) is 12.9. The molecule has 2 unspecified atom stereocenters. The van der Waals surface area contributed by atoms with Crippen molar-refractivity contribution >= 4 is 17.8 Å². The lowest BCUT2D eigenvalue weighted by atomic mass is 9.95. The smallest absolute Gasteiger partial charge is 0.306 e. The van der Waals surface area contributed by atoms with Crippen molar-refractivity contribution in [3.05, 3.63) is 35.4 Å². The van der Waals surface area contributed by atoms with E-state index in [1.165, 1.54) is 0 Å². The number of carboxylic acids is 1. The van der Waals surface area contributed by atoms with E-state index >= 15 is 0 Å². The Morgan fingerprint density at radius 3 is 2.56 bits per heavy atom. The maximum Gasteiger partial charge on any atom is 0.306 e. The summed E-state index contributed by atoms with van der Waals surface area (Å²) in [5, 5.41) is 8.93. The molecule has 2 saturated heterocycles. The Hall–Kier alpha value is -2.41. The van der Waals surface area contributed by atoms with E-state index in [1.54, 1.807) is 9.80 Å². The van der Waals surface area contributed by atoms with Gasteiger partial charge in [0.25, 0.3) is 5.91 Å². The molecule has 0 radical (unpaired) electrons. The van der Waals surface area contributed by atoms with Gasteiger partial charge in [-0.2, -0.15) is 0 Å². The second-order valence-corrected chi connectivity index (χ2v) is 7.33. The molecular weight excluding hydrogens is 348 g/mol. The molecule has 2 heterocycles. The molecule has 7 nitrogen and oxygen atoms in total. The fourth-order valence-electron chi connectivity index (χ4n) is 3.74. The van der Waals surface area contributed by atoms with Crippen molar-refractivity contribution in [2.24, 2.45) is 5.92 Å². The van der Waals surface area contributed by atoms with Gasteiger partial charge in [0.15, 0.2) is 0 Å². The Morgan fingerprint density at radius 1 is 1.11 bits per heavy atom. The van der Waals surface area contributed by atoms with Crippen LogP contribution in [0.25, 0.3) is 0 Å². The lowest BCUT2D eigenvalue weighted by Crippen LogP contribution is -2.51. The summed E-state index contributed by atoms with van der Waals surface area (Å²) in [6.45, 7) is 4.16. The maximum absolute atomic E-state index is 12.9. The number of nitrogens with zero attached hydrogens (tertiary/aromatic N) is 2. The van der Waals surface area contributed by atoms with E-state index in [0.29, 0.717) is 38.3 Å². The number of hydrogen-bond acceptors (Lipinski definition) is 4. The minimum Gasteiger partial charge on any atom is -0.481 e. The Bertz CT molecular complexity index is 703. The predicted octanol–water partition coefficient (Wildman–Crippen LogP) is 1.55. The topological polar surface area (TPSA) is 87.2 Å². The molecule has 27 heavy (non-hydrogen) atoms. The molecule has 2 aliphatic rings. The highest BCUT2D eigenvalue weighted by molar-refractivity contribution is 5.94. The van der Waals surface area contributed by atoms with E-state index in [9.17, 15) is 14.4 Å². The number of benzene rings is 1. The number of likely N-dealkylation sites (tertiary alicyclic amines) is 1. The monoisotopic (exact) mass is 374 g/mol. The zero-order chi connectivity index (χ0) is 19.4. The maximum atomic E-state index is 12.9. The van der Waals surface area contributed by atoms with Crippen LogP contribution >= 0.6 is 0 Å². The number of morpholine rings is 1. The van der Waals surface area contributed by atoms with Gasteiger partial charge in [-0.1, -0.05) is 17.7 Å². The van der Waals surface area contributed by atoms with Gasteiger partial charge >= 0.3 is 5.97 Å². The molecule has 0 saturated carbocycles. The number of hydrogen-bond donors (Lipinski definition) is 1. The fraction of sp³-hybridized carbons (Fsp3) is 0.550. The minimum absolute atomic E-state index is 0.00454. The van der Waals surface area contributed by atoms with Crippen LogP contribution < -0.4 is 0 Å². The van der Waals surface area contributed by atoms with E-state index in [0.717, 1.165) is 18.4 Å². The van der Waals surface area contributed by atoms with Crippen molar-refractivity contribution in [2.75, 3.05) is 32.8 Å². The van der Waals surface area contributed by atoms with E-state index in [2.05, 4.69) is 0 Å². The normalized spacial score (nSPS) is 23.1. The van der Waals surface area contributed by atoms with Crippen molar-refractivity contribution in [2.45, 2.75) is 32.3 Å².